The Hall–Kier alpha value is -3.30. The highest BCUT2D eigenvalue weighted by Crippen LogP contribution is 2.26. The molecule has 5 atom stereocenters. The van der Waals surface area contributed by atoms with Crippen molar-refractivity contribution in [2.45, 2.75) is 52.2 Å². The SMILES string of the molecule is C/C(=C\c1ccc2cnn(C)c2c1)[C@@H](C=O)[C@@H](C)/C=C/[C@H](OC(=O)N1CCN(C)CC1)[C@@H](C)CC[C@@H](O)CC=O. The lowest BCUT2D eigenvalue weighted by Crippen LogP contribution is -2.48. The molecule has 218 valence electrons. The van der Waals surface area contributed by atoms with Gasteiger partial charge in [0.15, 0.2) is 0 Å². The molecule has 1 aliphatic heterocycles. The molecule has 0 unspecified atom stereocenters. The van der Waals surface area contributed by atoms with E-state index >= 15 is 0 Å². The number of benzene rings is 1. The Bertz CT molecular complexity index is 1200. The number of aliphatic hydroxyl groups excluding tert-OH is 1. The minimum atomic E-state index is -0.713. The second kappa shape index (κ2) is 14.9. The minimum absolute atomic E-state index is 0.0851. The number of aromatic nitrogens is 2. The molecule has 9 heteroatoms. The number of aliphatic hydroxyl groups is 1. The van der Waals surface area contributed by atoms with E-state index in [4.69, 9.17) is 4.74 Å². The Morgan fingerprint density at radius 1 is 1.10 bits per heavy atom. The molecule has 0 bridgehead atoms. The summed E-state index contributed by atoms with van der Waals surface area (Å²) in [6, 6.07) is 6.10. The summed E-state index contributed by atoms with van der Waals surface area (Å²) in [7, 11) is 3.93. The molecule has 1 fully saturated rings. The molecular weight excluding hydrogens is 508 g/mol. The van der Waals surface area contributed by atoms with E-state index in [0.29, 0.717) is 32.2 Å². The molecule has 2 heterocycles. The maximum absolute atomic E-state index is 13.0. The van der Waals surface area contributed by atoms with Gasteiger partial charge in [-0.05, 0) is 56.4 Å². The van der Waals surface area contributed by atoms with Gasteiger partial charge in [0.1, 0.15) is 18.7 Å². The van der Waals surface area contributed by atoms with Gasteiger partial charge in [-0.15, -0.1) is 0 Å². The van der Waals surface area contributed by atoms with Crippen LogP contribution < -0.4 is 0 Å². The predicted octanol–water partition coefficient (Wildman–Crippen LogP) is 4.10. The second-order valence-corrected chi connectivity index (χ2v) is 11.1. The number of aryl methyl sites for hydroxylation is 1. The van der Waals surface area contributed by atoms with E-state index in [0.717, 1.165) is 41.4 Å². The van der Waals surface area contributed by atoms with Crippen molar-refractivity contribution < 1.29 is 24.2 Å². The highest BCUT2D eigenvalue weighted by molar-refractivity contribution is 5.81. The summed E-state index contributed by atoms with van der Waals surface area (Å²) in [5.41, 5.74) is 2.96. The molecule has 0 saturated carbocycles. The van der Waals surface area contributed by atoms with Crippen LogP contribution in [0.5, 0.6) is 0 Å². The maximum Gasteiger partial charge on any atom is 0.410 e. The van der Waals surface area contributed by atoms with Crippen LogP contribution in [0.25, 0.3) is 17.0 Å². The standard InChI is InChI=1S/C31H44N4O5/c1-22(28(21-37)24(3)18-25-8-9-26-20-32-34(5)29(26)19-25)7-11-30(23(2)6-10-27(38)12-17-36)40-31(39)35-15-13-33(4)14-16-35/h7-9,11,17-23,27-28,30,38H,6,10,12-16H2,1-5H3/b11-7+,24-18+/t22-,23-,27+,28-,30-/m0/s1. The lowest BCUT2D eigenvalue weighted by atomic mass is 9.86. The zero-order chi connectivity index (χ0) is 29.2. The van der Waals surface area contributed by atoms with Crippen LogP contribution in [0.1, 0.15) is 45.6 Å². The lowest BCUT2D eigenvalue weighted by molar-refractivity contribution is -0.111. The highest BCUT2D eigenvalue weighted by atomic mass is 16.6. The van der Waals surface area contributed by atoms with E-state index in [-0.39, 0.29) is 30.3 Å². The number of hydrogen-bond acceptors (Lipinski definition) is 7. The molecule has 0 radical (unpaired) electrons. The van der Waals surface area contributed by atoms with Gasteiger partial charge < -0.3 is 29.2 Å². The number of piperazine rings is 1. The van der Waals surface area contributed by atoms with Crippen LogP contribution in [0.4, 0.5) is 4.79 Å². The zero-order valence-electron chi connectivity index (χ0n) is 24.4. The first-order valence-electron chi connectivity index (χ1n) is 14.1. The molecule has 40 heavy (non-hydrogen) atoms. The van der Waals surface area contributed by atoms with Crippen molar-refractivity contribution in [1.82, 2.24) is 19.6 Å². The van der Waals surface area contributed by atoms with E-state index in [1.54, 1.807) is 4.90 Å². The molecule has 0 aliphatic carbocycles. The molecular formula is C31H44N4O5. The Morgan fingerprint density at radius 3 is 2.50 bits per heavy atom. The van der Waals surface area contributed by atoms with Gasteiger partial charge in [0.25, 0.3) is 0 Å². The number of fused-ring (bicyclic) bond motifs is 1. The van der Waals surface area contributed by atoms with Gasteiger partial charge >= 0.3 is 6.09 Å². The molecule has 1 amide bonds. The van der Waals surface area contributed by atoms with Gasteiger partial charge in [-0.2, -0.15) is 5.10 Å². The number of amides is 1. The lowest BCUT2D eigenvalue weighted by Gasteiger charge is -2.33. The van der Waals surface area contributed by atoms with Gasteiger partial charge in [-0.25, -0.2) is 4.79 Å². The summed E-state index contributed by atoms with van der Waals surface area (Å²) < 4.78 is 7.79. The van der Waals surface area contributed by atoms with Gasteiger partial charge in [-0.1, -0.05) is 43.7 Å². The maximum atomic E-state index is 13.0. The van der Waals surface area contributed by atoms with Crippen LogP contribution >= 0.6 is 0 Å². The van der Waals surface area contributed by atoms with E-state index < -0.39 is 12.2 Å². The topological polar surface area (TPSA) is 105 Å². The predicted molar refractivity (Wildman–Crippen MR) is 157 cm³/mol. The summed E-state index contributed by atoms with van der Waals surface area (Å²) >= 11 is 0. The third-order valence-electron chi connectivity index (χ3n) is 7.89. The van der Waals surface area contributed by atoms with Crippen molar-refractivity contribution in [1.29, 1.82) is 0 Å². The van der Waals surface area contributed by atoms with E-state index in [1.165, 1.54) is 0 Å². The van der Waals surface area contributed by atoms with Crippen molar-refractivity contribution >= 4 is 35.6 Å². The normalized spacial score (nSPS) is 18.9. The van der Waals surface area contributed by atoms with Gasteiger partial charge in [-0.3, -0.25) is 4.68 Å². The first kappa shape index (κ1) is 31.2. The summed E-state index contributed by atoms with van der Waals surface area (Å²) in [5, 5.41) is 15.4. The summed E-state index contributed by atoms with van der Waals surface area (Å²) in [4.78, 5) is 39.8. The number of rotatable bonds is 13. The molecule has 1 aromatic heterocycles. The van der Waals surface area contributed by atoms with Crippen LogP contribution in [-0.2, 0) is 21.4 Å². The zero-order valence-corrected chi connectivity index (χ0v) is 24.4. The number of aldehydes is 2. The number of likely N-dealkylation sites (N-methyl/N-ethyl adjacent to an activating group) is 1. The van der Waals surface area contributed by atoms with Gasteiger partial charge in [0.05, 0.1) is 17.8 Å². The first-order valence-corrected chi connectivity index (χ1v) is 14.1. The van der Waals surface area contributed by atoms with Gasteiger partial charge in [0.2, 0.25) is 0 Å². The van der Waals surface area contributed by atoms with Crippen LogP contribution in [-0.4, -0.2) is 88.8 Å². The molecule has 0 spiro atoms. The van der Waals surface area contributed by atoms with Crippen molar-refractivity contribution in [3.8, 4) is 0 Å². The Labute approximate surface area is 237 Å². The fourth-order valence-corrected chi connectivity index (χ4v) is 5.03. The van der Waals surface area contributed by atoms with E-state index in [2.05, 4.69) is 16.1 Å². The average Bonchev–Trinajstić information content (AvgIpc) is 3.30. The minimum Gasteiger partial charge on any atom is -0.442 e. The van der Waals surface area contributed by atoms with Gasteiger partial charge in [0, 0.05) is 51.0 Å². The smallest absolute Gasteiger partial charge is 0.410 e. The fraction of sp³-hybridized carbons (Fsp3) is 0.548. The van der Waals surface area contributed by atoms with Crippen LogP contribution in [0.3, 0.4) is 0 Å². The summed E-state index contributed by atoms with van der Waals surface area (Å²) in [6.07, 6.45) is 8.87. The van der Waals surface area contributed by atoms with E-state index in [9.17, 15) is 19.5 Å². The number of allylic oxidation sites excluding steroid dienone is 2. The quantitative estimate of drug-likeness (QED) is 0.295. The number of hydrogen-bond donors (Lipinski definition) is 1. The van der Waals surface area contributed by atoms with Crippen molar-refractivity contribution in [2.24, 2.45) is 24.8 Å². The molecule has 1 aromatic carbocycles. The Balaban J connectivity index is 1.74. The fourth-order valence-electron chi connectivity index (χ4n) is 5.03. The summed E-state index contributed by atoms with van der Waals surface area (Å²) in [6.45, 7) is 8.71. The van der Waals surface area contributed by atoms with Crippen LogP contribution in [0.2, 0.25) is 0 Å². The Morgan fingerprint density at radius 2 is 1.82 bits per heavy atom. The van der Waals surface area contributed by atoms with Crippen molar-refractivity contribution in [2.75, 3.05) is 33.2 Å². The van der Waals surface area contributed by atoms with Crippen LogP contribution in [0.15, 0.2) is 42.1 Å². The third kappa shape index (κ3) is 8.60. The number of nitrogens with zero attached hydrogens (tertiary/aromatic N) is 4. The molecule has 3 rings (SSSR count). The van der Waals surface area contributed by atoms with Crippen molar-refractivity contribution in [3.63, 3.8) is 0 Å². The molecule has 2 aromatic rings. The van der Waals surface area contributed by atoms with E-state index in [1.807, 2.05) is 76.1 Å². The molecule has 1 N–H and O–H groups in total. The first-order chi connectivity index (χ1) is 19.1. The number of ether oxygens (including phenoxy) is 1. The third-order valence-corrected chi connectivity index (χ3v) is 7.89. The summed E-state index contributed by atoms with van der Waals surface area (Å²) in [5.74, 6) is -0.567. The van der Waals surface area contributed by atoms with Crippen molar-refractivity contribution in [3.05, 3.63) is 47.7 Å². The molecule has 9 nitrogen and oxygen atoms in total. The molecule has 1 aliphatic rings. The monoisotopic (exact) mass is 552 g/mol. The highest BCUT2D eigenvalue weighted by Gasteiger charge is 2.26. The number of carbonyl (C=O) groups is 3. The second-order valence-electron chi connectivity index (χ2n) is 11.1. The molecule has 1 saturated heterocycles. The number of carbonyl (C=O) groups excluding carboxylic acids is 3. The Kier molecular flexibility index (Phi) is 11.6. The van der Waals surface area contributed by atoms with Crippen LogP contribution in [0, 0.1) is 17.8 Å². The largest absolute Gasteiger partial charge is 0.442 e. The average molecular weight is 553 g/mol.